The Morgan fingerprint density at radius 1 is 1.03 bits per heavy atom. The fourth-order valence-corrected chi connectivity index (χ4v) is 3.02. The third-order valence-corrected chi connectivity index (χ3v) is 4.80. The summed E-state index contributed by atoms with van der Waals surface area (Å²) in [7, 11) is 1.73. The maximum Gasteiger partial charge on any atom is 0.310 e. The number of ether oxygens (including phenoxy) is 2. The van der Waals surface area contributed by atoms with E-state index < -0.39 is 18.0 Å². The molecule has 0 unspecified atom stereocenters. The Morgan fingerprint density at radius 2 is 1.65 bits per heavy atom. The van der Waals surface area contributed by atoms with Crippen molar-refractivity contribution in [3.8, 4) is 11.4 Å². The van der Waals surface area contributed by atoms with E-state index in [0.29, 0.717) is 17.1 Å². The summed E-state index contributed by atoms with van der Waals surface area (Å²) in [6, 6.07) is 18.2. The van der Waals surface area contributed by atoms with Crippen LogP contribution < -0.4 is 15.6 Å². The van der Waals surface area contributed by atoms with Crippen LogP contribution in [0.4, 0.5) is 5.69 Å². The summed E-state index contributed by atoms with van der Waals surface area (Å²) < 4.78 is 13.8. The average Bonchev–Trinajstić information content (AvgIpc) is 2.98. The van der Waals surface area contributed by atoms with Crippen LogP contribution >= 0.6 is 0 Å². The van der Waals surface area contributed by atoms with Crippen LogP contribution in [0.3, 0.4) is 0 Å². The van der Waals surface area contributed by atoms with Crippen molar-refractivity contribution >= 4 is 17.6 Å². The third-order valence-electron chi connectivity index (χ3n) is 4.80. The van der Waals surface area contributed by atoms with Crippen LogP contribution in [0.2, 0.25) is 0 Å². The number of nitrogens with one attached hydrogen (secondary N) is 1. The van der Waals surface area contributed by atoms with E-state index in [9.17, 15) is 14.4 Å². The fraction of sp³-hybridized carbons (Fsp3) is 0.261. The van der Waals surface area contributed by atoms with Crippen LogP contribution in [0.15, 0.2) is 65.5 Å². The molecule has 0 saturated carbocycles. The molecule has 3 aromatic rings. The van der Waals surface area contributed by atoms with Gasteiger partial charge >= 0.3 is 5.97 Å². The van der Waals surface area contributed by atoms with Crippen molar-refractivity contribution in [3.63, 3.8) is 0 Å². The van der Waals surface area contributed by atoms with E-state index in [4.69, 9.17) is 9.47 Å². The molecule has 0 radical (unpaired) electrons. The molecule has 1 N–H and O–H groups in total. The van der Waals surface area contributed by atoms with Gasteiger partial charge < -0.3 is 14.8 Å². The van der Waals surface area contributed by atoms with E-state index >= 15 is 0 Å². The van der Waals surface area contributed by atoms with Gasteiger partial charge in [-0.15, -0.1) is 0 Å². The first-order chi connectivity index (χ1) is 14.9. The molecule has 8 heteroatoms. The zero-order chi connectivity index (χ0) is 22.4. The van der Waals surface area contributed by atoms with E-state index in [-0.39, 0.29) is 24.3 Å². The normalized spacial score (nSPS) is 11.6. The number of nitrogens with zero attached hydrogens (tertiary/aromatic N) is 2. The van der Waals surface area contributed by atoms with E-state index in [1.165, 1.54) is 11.6 Å². The van der Waals surface area contributed by atoms with Crippen molar-refractivity contribution in [3.05, 3.63) is 76.7 Å². The lowest BCUT2D eigenvalue weighted by molar-refractivity contribution is -0.153. The highest BCUT2D eigenvalue weighted by atomic mass is 16.5. The van der Waals surface area contributed by atoms with Crippen LogP contribution in [0, 0.1) is 6.92 Å². The quantitative estimate of drug-likeness (QED) is 0.563. The van der Waals surface area contributed by atoms with Crippen molar-refractivity contribution in [2.24, 2.45) is 7.05 Å². The standard InChI is InChI=1S/C23H25N3O5/c1-16-21(23(29)26(25(16)3)18-10-6-4-7-11-18)24-22(28)17(2)31-20(27)14-15-30-19-12-8-5-9-13-19/h4-13,17H,14-15H2,1-3H3,(H,24,28)/t17-/m0/s1. The molecule has 1 aromatic heterocycles. The van der Waals surface area contributed by atoms with Gasteiger partial charge in [0.05, 0.1) is 24.4 Å². The minimum atomic E-state index is -1.06. The van der Waals surface area contributed by atoms with E-state index in [0.717, 1.165) is 0 Å². The van der Waals surface area contributed by atoms with Gasteiger partial charge in [0, 0.05) is 7.05 Å². The Hall–Kier alpha value is -3.81. The highest BCUT2D eigenvalue weighted by Gasteiger charge is 2.23. The maximum atomic E-state index is 12.9. The number of anilines is 1. The molecule has 0 aliphatic rings. The first-order valence-electron chi connectivity index (χ1n) is 9.90. The third kappa shape index (κ3) is 5.22. The zero-order valence-corrected chi connectivity index (χ0v) is 17.7. The molecule has 2 aromatic carbocycles. The van der Waals surface area contributed by atoms with Crippen LogP contribution in [0.25, 0.3) is 5.69 Å². The second-order valence-electron chi connectivity index (χ2n) is 6.97. The van der Waals surface area contributed by atoms with E-state index in [1.807, 2.05) is 36.4 Å². The number of hydrogen-bond acceptors (Lipinski definition) is 5. The summed E-state index contributed by atoms with van der Waals surface area (Å²) in [5, 5.41) is 2.59. The average molecular weight is 423 g/mol. The SMILES string of the molecule is Cc1c(NC(=O)[C@H](C)OC(=O)CCOc2ccccc2)c(=O)n(-c2ccccc2)n1C. The number of rotatable bonds is 8. The summed E-state index contributed by atoms with van der Waals surface area (Å²) in [4.78, 5) is 37.4. The van der Waals surface area contributed by atoms with Gasteiger partial charge in [-0.1, -0.05) is 36.4 Å². The van der Waals surface area contributed by atoms with E-state index in [2.05, 4.69) is 5.32 Å². The molecule has 1 amide bonds. The molecule has 3 rings (SSSR count). The van der Waals surface area contributed by atoms with Gasteiger partial charge in [-0.3, -0.25) is 19.1 Å². The lowest BCUT2D eigenvalue weighted by Gasteiger charge is -2.13. The molecule has 0 bridgehead atoms. The number of esters is 1. The Bertz CT molecular complexity index is 1100. The van der Waals surface area contributed by atoms with Crippen molar-refractivity contribution in [2.75, 3.05) is 11.9 Å². The Labute approximate surface area is 180 Å². The van der Waals surface area contributed by atoms with Crippen LogP contribution in [0.1, 0.15) is 19.0 Å². The molecule has 8 nitrogen and oxygen atoms in total. The van der Waals surface area contributed by atoms with Gasteiger partial charge in [-0.05, 0) is 38.1 Å². The summed E-state index contributed by atoms with van der Waals surface area (Å²) in [6.45, 7) is 3.32. The highest BCUT2D eigenvalue weighted by molar-refractivity contribution is 5.95. The summed E-state index contributed by atoms with van der Waals surface area (Å²) in [5.74, 6) is -0.497. The number of carbonyl (C=O) groups excluding carboxylic acids is 2. The molecule has 31 heavy (non-hydrogen) atoms. The molecule has 1 atom stereocenters. The maximum absolute atomic E-state index is 12.9. The van der Waals surface area contributed by atoms with Crippen LogP contribution in [-0.4, -0.2) is 34.0 Å². The highest BCUT2D eigenvalue weighted by Crippen LogP contribution is 2.15. The molecular formula is C23H25N3O5. The van der Waals surface area contributed by atoms with Crippen molar-refractivity contribution in [1.82, 2.24) is 9.36 Å². The van der Waals surface area contributed by atoms with Gasteiger partial charge in [-0.25, -0.2) is 4.68 Å². The molecule has 0 saturated heterocycles. The predicted molar refractivity (Wildman–Crippen MR) is 116 cm³/mol. The predicted octanol–water partition coefficient (Wildman–Crippen LogP) is 2.82. The Morgan fingerprint density at radius 3 is 2.29 bits per heavy atom. The Balaban J connectivity index is 1.59. The number of benzene rings is 2. The lowest BCUT2D eigenvalue weighted by atomic mass is 10.3. The van der Waals surface area contributed by atoms with Crippen LogP contribution in [-0.2, 0) is 21.4 Å². The minimum absolute atomic E-state index is 0.00229. The number of aromatic nitrogens is 2. The Kier molecular flexibility index (Phi) is 6.92. The van der Waals surface area contributed by atoms with Gasteiger partial charge in [0.2, 0.25) is 0 Å². The van der Waals surface area contributed by atoms with Crippen molar-refractivity contribution in [1.29, 1.82) is 0 Å². The topological polar surface area (TPSA) is 91.6 Å². The van der Waals surface area contributed by atoms with E-state index in [1.54, 1.807) is 42.9 Å². The molecule has 0 fully saturated rings. The molecule has 0 aliphatic carbocycles. The van der Waals surface area contributed by atoms with Gasteiger partial charge in [-0.2, -0.15) is 0 Å². The van der Waals surface area contributed by atoms with Gasteiger partial charge in [0.1, 0.15) is 11.4 Å². The molecule has 162 valence electrons. The summed E-state index contributed by atoms with van der Waals surface area (Å²) in [6.07, 6.45) is -1.06. The number of hydrogen-bond donors (Lipinski definition) is 1. The molecule has 0 aliphatic heterocycles. The molecule has 1 heterocycles. The van der Waals surface area contributed by atoms with Crippen LogP contribution in [0.5, 0.6) is 5.75 Å². The van der Waals surface area contributed by atoms with Crippen molar-refractivity contribution in [2.45, 2.75) is 26.4 Å². The first kappa shape index (κ1) is 21.9. The first-order valence-corrected chi connectivity index (χ1v) is 9.90. The lowest BCUT2D eigenvalue weighted by Crippen LogP contribution is -2.32. The zero-order valence-electron chi connectivity index (χ0n) is 17.7. The smallest absolute Gasteiger partial charge is 0.310 e. The number of carbonyl (C=O) groups is 2. The largest absolute Gasteiger partial charge is 0.493 e. The van der Waals surface area contributed by atoms with Gasteiger partial charge in [0.25, 0.3) is 11.5 Å². The number of amides is 1. The summed E-state index contributed by atoms with van der Waals surface area (Å²) >= 11 is 0. The second-order valence-corrected chi connectivity index (χ2v) is 6.97. The second kappa shape index (κ2) is 9.80. The fourth-order valence-electron chi connectivity index (χ4n) is 3.02. The monoisotopic (exact) mass is 423 g/mol. The summed E-state index contributed by atoms with van der Waals surface area (Å²) in [5.41, 5.74) is 1.04. The van der Waals surface area contributed by atoms with Crippen molar-refractivity contribution < 1.29 is 19.1 Å². The molecule has 0 spiro atoms. The minimum Gasteiger partial charge on any atom is -0.493 e. The van der Waals surface area contributed by atoms with Gasteiger partial charge in [0.15, 0.2) is 6.10 Å². The molecular weight excluding hydrogens is 398 g/mol. The number of para-hydroxylation sites is 2.